The van der Waals surface area contributed by atoms with Crippen LogP contribution >= 0.6 is 0 Å². The molecule has 7 rings (SSSR count). The topological polar surface area (TPSA) is 105 Å². The van der Waals surface area contributed by atoms with E-state index in [4.69, 9.17) is 4.52 Å². The standard InChI is InChI=1S/C24H19N7O2/c1-30-11-26-23-21(30)24(32)31(12-27-23)10-19-28-22(29-33-19)20-17-7-15(8-18(17)20)14-3-2-13-4-5-25-9-16(13)6-14/h2-7,9,11-12,17-18,20H,8,10H2,1H3/t17-,18+,20+/m0/s1. The number of aryl methyl sites for hydroxylation is 1. The molecule has 4 heterocycles. The van der Waals surface area contributed by atoms with Crippen molar-refractivity contribution < 1.29 is 4.52 Å². The van der Waals surface area contributed by atoms with Crippen LogP contribution < -0.4 is 5.56 Å². The number of hydrogen-bond donors (Lipinski definition) is 0. The summed E-state index contributed by atoms with van der Waals surface area (Å²) < 4.78 is 8.62. The molecule has 5 aromatic rings. The molecule has 1 aromatic carbocycles. The highest BCUT2D eigenvalue weighted by atomic mass is 16.5. The summed E-state index contributed by atoms with van der Waals surface area (Å²) in [5, 5.41) is 6.58. The maximum absolute atomic E-state index is 12.7. The fourth-order valence-electron chi connectivity index (χ4n) is 5.11. The van der Waals surface area contributed by atoms with Crippen molar-refractivity contribution in [3.8, 4) is 0 Å². The number of nitrogens with zero attached hydrogens (tertiary/aromatic N) is 7. The summed E-state index contributed by atoms with van der Waals surface area (Å²) in [7, 11) is 1.77. The van der Waals surface area contributed by atoms with Gasteiger partial charge in [0, 0.05) is 30.7 Å². The van der Waals surface area contributed by atoms with Gasteiger partial charge in [0.15, 0.2) is 17.0 Å². The van der Waals surface area contributed by atoms with Gasteiger partial charge in [0.2, 0.25) is 5.89 Å². The highest BCUT2D eigenvalue weighted by Gasteiger charge is 2.55. The van der Waals surface area contributed by atoms with Crippen molar-refractivity contribution in [2.45, 2.75) is 18.9 Å². The van der Waals surface area contributed by atoms with Crippen molar-refractivity contribution in [3.63, 3.8) is 0 Å². The number of pyridine rings is 1. The zero-order valence-corrected chi connectivity index (χ0v) is 17.8. The SMILES string of the molecule is Cn1cnc2ncn(Cc3nc([C@@H]4[C@H]5C=C(c6ccc7ccncc7c6)C[C@H]54)no3)c(=O)c21. The molecule has 2 aliphatic rings. The van der Waals surface area contributed by atoms with Crippen molar-refractivity contribution in [2.24, 2.45) is 18.9 Å². The Morgan fingerprint density at radius 1 is 1.15 bits per heavy atom. The predicted molar refractivity (Wildman–Crippen MR) is 120 cm³/mol. The van der Waals surface area contributed by atoms with Crippen LogP contribution in [0.5, 0.6) is 0 Å². The van der Waals surface area contributed by atoms with E-state index < -0.39 is 0 Å². The Hall–Kier alpha value is -4.14. The zero-order valence-electron chi connectivity index (χ0n) is 17.8. The molecule has 0 spiro atoms. The first-order chi connectivity index (χ1) is 16.2. The fourth-order valence-corrected chi connectivity index (χ4v) is 5.11. The van der Waals surface area contributed by atoms with E-state index in [1.54, 1.807) is 17.9 Å². The molecule has 1 saturated carbocycles. The maximum atomic E-state index is 12.7. The van der Waals surface area contributed by atoms with Gasteiger partial charge in [0.25, 0.3) is 5.56 Å². The third kappa shape index (κ3) is 2.85. The summed E-state index contributed by atoms with van der Waals surface area (Å²) in [6.07, 6.45) is 10.1. The van der Waals surface area contributed by atoms with Crippen LogP contribution in [0, 0.1) is 11.8 Å². The van der Waals surface area contributed by atoms with Crippen molar-refractivity contribution in [1.29, 1.82) is 0 Å². The van der Waals surface area contributed by atoms with Crippen molar-refractivity contribution >= 4 is 27.5 Å². The number of imidazole rings is 1. The van der Waals surface area contributed by atoms with Gasteiger partial charge in [0.05, 0.1) is 6.33 Å². The second kappa shape index (κ2) is 6.68. The molecule has 4 aromatic heterocycles. The maximum Gasteiger partial charge on any atom is 0.280 e. The number of allylic oxidation sites excluding steroid dienone is 2. The van der Waals surface area contributed by atoms with Crippen molar-refractivity contribution in [2.75, 3.05) is 0 Å². The van der Waals surface area contributed by atoms with E-state index in [1.165, 1.54) is 27.4 Å². The van der Waals surface area contributed by atoms with Gasteiger partial charge in [-0.05, 0) is 46.9 Å². The molecule has 162 valence electrons. The lowest BCUT2D eigenvalue weighted by molar-refractivity contribution is 0.364. The molecule has 9 nitrogen and oxygen atoms in total. The highest BCUT2D eigenvalue weighted by Crippen LogP contribution is 2.62. The smallest absolute Gasteiger partial charge is 0.280 e. The molecule has 0 unspecified atom stereocenters. The number of benzene rings is 1. The number of fused-ring (bicyclic) bond motifs is 3. The Kier molecular flexibility index (Phi) is 3.73. The first-order valence-electron chi connectivity index (χ1n) is 10.9. The van der Waals surface area contributed by atoms with E-state index in [9.17, 15) is 4.79 Å². The molecule has 0 saturated heterocycles. The van der Waals surface area contributed by atoms with Gasteiger partial charge in [0.1, 0.15) is 12.9 Å². The monoisotopic (exact) mass is 437 g/mol. The third-order valence-corrected chi connectivity index (χ3v) is 6.88. The highest BCUT2D eigenvalue weighted by molar-refractivity contribution is 5.86. The second-order valence-electron chi connectivity index (χ2n) is 8.85. The second-order valence-corrected chi connectivity index (χ2v) is 8.85. The summed E-state index contributed by atoms with van der Waals surface area (Å²) in [5.74, 6) is 2.35. The van der Waals surface area contributed by atoms with E-state index >= 15 is 0 Å². The Labute approximate surface area is 187 Å². The molecular formula is C24H19N7O2. The lowest BCUT2D eigenvalue weighted by Gasteiger charge is -2.07. The van der Waals surface area contributed by atoms with Gasteiger partial charge in [-0.15, -0.1) is 0 Å². The van der Waals surface area contributed by atoms with E-state index in [1.807, 2.05) is 18.5 Å². The quantitative estimate of drug-likeness (QED) is 0.426. The number of rotatable bonds is 4. The minimum absolute atomic E-state index is 0.179. The number of hydrogen-bond acceptors (Lipinski definition) is 7. The van der Waals surface area contributed by atoms with E-state index in [-0.39, 0.29) is 18.0 Å². The van der Waals surface area contributed by atoms with Crippen LogP contribution in [0.15, 0.2) is 64.7 Å². The first-order valence-corrected chi connectivity index (χ1v) is 10.9. The summed E-state index contributed by atoms with van der Waals surface area (Å²) in [5.41, 5.74) is 3.34. The predicted octanol–water partition coefficient (Wildman–Crippen LogP) is 2.93. The Morgan fingerprint density at radius 3 is 2.94 bits per heavy atom. The average Bonchev–Trinajstić information content (AvgIpc) is 3.24. The largest absolute Gasteiger partial charge is 0.337 e. The summed E-state index contributed by atoms with van der Waals surface area (Å²) in [4.78, 5) is 29.9. The summed E-state index contributed by atoms with van der Waals surface area (Å²) in [6, 6.07) is 8.58. The molecule has 3 atom stereocenters. The van der Waals surface area contributed by atoms with Crippen molar-refractivity contribution in [1.82, 2.24) is 34.2 Å². The molecular weight excluding hydrogens is 418 g/mol. The Bertz CT molecular complexity index is 1640. The molecule has 33 heavy (non-hydrogen) atoms. The molecule has 2 aliphatic carbocycles. The van der Waals surface area contributed by atoms with Crippen LogP contribution in [-0.4, -0.2) is 34.2 Å². The van der Waals surface area contributed by atoms with Crippen LogP contribution in [0.3, 0.4) is 0 Å². The van der Waals surface area contributed by atoms with Crippen LogP contribution in [0.25, 0.3) is 27.5 Å². The first kappa shape index (κ1) is 18.4. The molecule has 0 aliphatic heterocycles. The normalized spacial score (nSPS) is 21.5. The van der Waals surface area contributed by atoms with Crippen LogP contribution in [0.4, 0.5) is 0 Å². The third-order valence-electron chi connectivity index (χ3n) is 6.88. The Morgan fingerprint density at radius 2 is 2.06 bits per heavy atom. The molecule has 9 heteroatoms. The molecule has 0 radical (unpaired) electrons. The van der Waals surface area contributed by atoms with Crippen LogP contribution in [-0.2, 0) is 13.6 Å². The lowest BCUT2D eigenvalue weighted by atomic mass is 9.98. The fraction of sp³-hybridized carbons (Fsp3) is 0.250. The Balaban J connectivity index is 1.10. The van der Waals surface area contributed by atoms with Crippen LogP contribution in [0.2, 0.25) is 0 Å². The molecule has 0 amide bonds. The molecule has 1 fully saturated rings. The van der Waals surface area contributed by atoms with Gasteiger partial charge < -0.3 is 9.09 Å². The van der Waals surface area contributed by atoms with Gasteiger partial charge in [-0.2, -0.15) is 4.98 Å². The number of aromatic nitrogens is 7. The van der Waals surface area contributed by atoms with E-state index in [0.29, 0.717) is 28.9 Å². The van der Waals surface area contributed by atoms with E-state index in [0.717, 1.165) is 17.6 Å². The summed E-state index contributed by atoms with van der Waals surface area (Å²) in [6.45, 7) is 0.189. The van der Waals surface area contributed by atoms with Gasteiger partial charge in [-0.1, -0.05) is 23.4 Å². The molecule has 0 bridgehead atoms. The van der Waals surface area contributed by atoms with Gasteiger partial charge in [-0.25, -0.2) is 9.97 Å². The zero-order chi connectivity index (χ0) is 22.1. The average molecular weight is 437 g/mol. The van der Waals surface area contributed by atoms with Gasteiger partial charge >= 0.3 is 0 Å². The van der Waals surface area contributed by atoms with Gasteiger partial charge in [-0.3, -0.25) is 14.3 Å². The minimum Gasteiger partial charge on any atom is -0.337 e. The molecule has 0 N–H and O–H groups in total. The van der Waals surface area contributed by atoms with Crippen molar-refractivity contribution in [3.05, 3.63) is 83.0 Å². The lowest BCUT2D eigenvalue weighted by Crippen LogP contribution is -2.22. The minimum atomic E-state index is -0.179. The summed E-state index contributed by atoms with van der Waals surface area (Å²) >= 11 is 0. The van der Waals surface area contributed by atoms with Crippen LogP contribution in [0.1, 0.15) is 29.6 Å². The van der Waals surface area contributed by atoms with E-state index in [2.05, 4.69) is 49.4 Å².